The molecule has 0 aromatic heterocycles. The highest BCUT2D eigenvalue weighted by Gasteiger charge is 2.08. The first-order valence-corrected chi connectivity index (χ1v) is 11.2. The van der Waals surface area contributed by atoms with Crippen LogP contribution in [0.5, 0.6) is 11.5 Å². The molecule has 10 nitrogen and oxygen atoms in total. The molecule has 0 unspecified atom stereocenters. The number of benzene rings is 3. The number of carboxylic acid groups (broad SMARTS) is 1. The first kappa shape index (κ1) is 25.2. The molecule has 0 atom stereocenters. The molecule has 0 heterocycles. The number of nitrogens with one attached hydrogen (secondary N) is 1. The van der Waals surface area contributed by atoms with Crippen LogP contribution in [0.15, 0.2) is 76.7 Å². The number of carboxylic acids is 1. The highest BCUT2D eigenvalue weighted by molar-refractivity contribution is 8.00. The number of nitro benzene ring substituents is 1. The molecule has 3 aromatic carbocycles. The fraction of sp³-hybridized carbons (Fsp3) is 0.125. The van der Waals surface area contributed by atoms with Gasteiger partial charge in [0.2, 0.25) is 5.91 Å². The molecule has 0 fully saturated rings. The minimum absolute atomic E-state index is 0.00959. The SMILES string of the molecule is COc1cc(/C=N\NC(=O)CSc2ccc([N+](=O)[O-])cc2)ccc1OCc1ccc(C(=O)O)cc1. The summed E-state index contributed by atoms with van der Waals surface area (Å²) in [7, 11) is 1.50. The molecule has 180 valence electrons. The largest absolute Gasteiger partial charge is 0.493 e. The molecule has 1 amide bonds. The van der Waals surface area contributed by atoms with Crippen molar-refractivity contribution < 1.29 is 29.1 Å². The number of carbonyl (C=O) groups excluding carboxylic acids is 1. The number of rotatable bonds is 11. The minimum atomic E-state index is -0.990. The maximum absolute atomic E-state index is 12.0. The Labute approximate surface area is 204 Å². The topological polar surface area (TPSA) is 140 Å². The smallest absolute Gasteiger partial charge is 0.335 e. The number of amides is 1. The van der Waals surface area contributed by atoms with Gasteiger partial charge < -0.3 is 14.6 Å². The Morgan fingerprint density at radius 1 is 1.09 bits per heavy atom. The van der Waals surface area contributed by atoms with Crippen molar-refractivity contribution in [3.63, 3.8) is 0 Å². The summed E-state index contributed by atoms with van der Waals surface area (Å²) in [6, 6.07) is 17.5. The summed E-state index contributed by atoms with van der Waals surface area (Å²) in [5.41, 5.74) is 4.09. The molecule has 3 rings (SSSR count). The lowest BCUT2D eigenvalue weighted by atomic mass is 10.1. The number of hydrazone groups is 1. The Bertz CT molecular complexity index is 1230. The molecule has 0 radical (unpaired) electrons. The molecular weight excluding hydrogens is 474 g/mol. The van der Waals surface area contributed by atoms with Gasteiger partial charge in [0, 0.05) is 17.0 Å². The van der Waals surface area contributed by atoms with Crippen LogP contribution >= 0.6 is 11.8 Å². The van der Waals surface area contributed by atoms with E-state index in [9.17, 15) is 19.7 Å². The van der Waals surface area contributed by atoms with Crippen LogP contribution in [0.25, 0.3) is 0 Å². The van der Waals surface area contributed by atoms with Crippen LogP contribution in [0.1, 0.15) is 21.5 Å². The number of hydrogen-bond donors (Lipinski definition) is 2. The lowest BCUT2D eigenvalue weighted by Gasteiger charge is -2.11. The Morgan fingerprint density at radius 2 is 1.80 bits per heavy atom. The zero-order chi connectivity index (χ0) is 25.2. The second-order valence-corrected chi connectivity index (χ2v) is 8.08. The monoisotopic (exact) mass is 495 g/mol. The first-order valence-electron chi connectivity index (χ1n) is 10.2. The zero-order valence-electron chi connectivity index (χ0n) is 18.5. The third-order valence-electron chi connectivity index (χ3n) is 4.60. The summed E-state index contributed by atoms with van der Waals surface area (Å²) in [6.07, 6.45) is 1.46. The molecule has 0 spiro atoms. The fourth-order valence-corrected chi connectivity index (χ4v) is 3.50. The average Bonchev–Trinajstić information content (AvgIpc) is 2.87. The van der Waals surface area contributed by atoms with Gasteiger partial charge in [0.1, 0.15) is 6.61 Å². The van der Waals surface area contributed by atoms with Crippen molar-refractivity contribution in [2.24, 2.45) is 5.10 Å². The van der Waals surface area contributed by atoms with Gasteiger partial charge in [-0.3, -0.25) is 14.9 Å². The molecular formula is C24H21N3O7S. The van der Waals surface area contributed by atoms with Crippen molar-refractivity contribution in [3.05, 3.63) is 93.5 Å². The fourth-order valence-electron chi connectivity index (χ4n) is 2.81. The second-order valence-electron chi connectivity index (χ2n) is 7.03. The van der Waals surface area contributed by atoms with Crippen LogP contribution in [0.3, 0.4) is 0 Å². The predicted molar refractivity (Wildman–Crippen MR) is 130 cm³/mol. The quantitative estimate of drug-likeness (QED) is 0.175. The van der Waals surface area contributed by atoms with Crippen molar-refractivity contribution >= 4 is 35.5 Å². The van der Waals surface area contributed by atoms with E-state index in [1.807, 2.05) is 0 Å². The number of aromatic carboxylic acids is 1. The zero-order valence-corrected chi connectivity index (χ0v) is 19.4. The van der Waals surface area contributed by atoms with Gasteiger partial charge in [-0.15, -0.1) is 11.8 Å². The van der Waals surface area contributed by atoms with Gasteiger partial charge in [0.05, 0.1) is 29.6 Å². The van der Waals surface area contributed by atoms with Crippen LogP contribution in [0, 0.1) is 10.1 Å². The third-order valence-corrected chi connectivity index (χ3v) is 5.62. The van der Waals surface area contributed by atoms with Gasteiger partial charge in [-0.1, -0.05) is 12.1 Å². The van der Waals surface area contributed by atoms with Gasteiger partial charge in [0.25, 0.3) is 5.69 Å². The van der Waals surface area contributed by atoms with Gasteiger partial charge >= 0.3 is 5.97 Å². The van der Waals surface area contributed by atoms with E-state index >= 15 is 0 Å². The van der Waals surface area contributed by atoms with Gasteiger partial charge in [-0.05, 0) is 53.6 Å². The van der Waals surface area contributed by atoms with E-state index < -0.39 is 10.9 Å². The number of nitro groups is 1. The van der Waals surface area contributed by atoms with E-state index in [1.165, 1.54) is 49.4 Å². The summed E-state index contributed by atoms with van der Waals surface area (Å²) in [4.78, 5) is 33.9. The number of carbonyl (C=O) groups is 2. The molecule has 0 saturated carbocycles. The van der Waals surface area contributed by atoms with Crippen LogP contribution in [-0.2, 0) is 11.4 Å². The van der Waals surface area contributed by atoms with Crippen LogP contribution in [-0.4, -0.2) is 41.0 Å². The highest BCUT2D eigenvalue weighted by Crippen LogP contribution is 2.28. The maximum Gasteiger partial charge on any atom is 0.335 e. The summed E-state index contributed by atoms with van der Waals surface area (Å²) in [6.45, 7) is 0.228. The van der Waals surface area contributed by atoms with E-state index in [4.69, 9.17) is 14.6 Å². The van der Waals surface area contributed by atoms with Crippen molar-refractivity contribution in [1.29, 1.82) is 0 Å². The van der Waals surface area contributed by atoms with Crippen LogP contribution < -0.4 is 14.9 Å². The molecule has 0 bridgehead atoms. The van der Waals surface area contributed by atoms with Crippen molar-refractivity contribution in [3.8, 4) is 11.5 Å². The Balaban J connectivity index is 1.50. The molecule has 2 N–H and O–H groups in total. The summed E-state index contributed by atoms with van der Waals surface area (Å²) in [5, 5.41) is 23.6. The number of nitrogens with zero attached hydrogens (tertiary/aromatic N) is 2. The van der Waals surface area contributed by atoms with E-state index in [0.29, 0.717) is 17.1 Å². The molecule has 0 aliphatic heterocycles. The summed E-state index contributed by atoms with van der Waals surface area (Å²) >= 11 is 1.23. The van der Waals surface area contributed by atoms with E-state index in [-0.39, 0.29) is 29.5 Å². The van der Waals surface area contributed by atoms with Crippen molar-refractivity contribution in [2.45, 2.75) is 11.5 Å². The molecule has 35 heavy (non-hydrogen) atoms. The van der Waals surface area contributed by atoms with Gasteiger partial charge in [-0.25, -0.2) is 10.2 Å². The second kappa shape index (κ2) is 12.2. The first-order chi connectivity index (χ1) is 16.9. The van der Waals surface area contributed by atoms with Crippen LogP contribution in [0.2, 0.25) is 0 Å². The predicted octanol–water partition coefficient (Wildman–Crippen LogP) is 4.12. The minimum Gasteiger partial charge on any atom is -0.493 e. The number of thioether (sulfide) groups is 1. The van der Waals surface area contributed by atoms with Gasteiger partial charge in [0.15, 0.2) is 11.5 Å². The Morgan fingerprint density at radius 3 is 2.43 bits per heavy atom. The molecule has 0 aliphatic rings. The maximum atomic E-state index is 12.0. The summed E-state index contributed by atoms with van der Waals surface area (Å²) in [5.74, 6) is -0.258. The van der Waals surface area contributed by atoms with Crippen molar-refractivity contribution in [2.75, 3.05) is 12.9 Å². The van der Waals surface area contributed by atoms with Gasteiger partial charge in [-0.2, -0.15) is 5.10 Å². The lowest BCUT2D eigenvalue weighted by Crippen LogP contribution is -2.19. The average molecular weight is 496 g/mol. The number of non-ortho nitro benzene ring substituents is 1. The Hall–Kier alpha value is -4.38. The van der Waals surface area contributed by atoms with E-state index in [2.05, 4.69) is 10.5 Å². The lowest BCUT2D eigenvalue weighted by molar-refractivity contribution is -0.384. The third kappa shape index (κ3) is 7.57. The van der Waals surface area contributed by atoms with Crippen LogP contribution in [0.4, 0.5) is 5.69 Å². The molecule has 11 heteroatoms. The normalized spacial score (nSPS) is 10.7. The molecule has 3 aromatic rings. The number of methoxy groups -OCH3 is 1. The number of hydrogen-bond acceptors (Lipinski definition) is 8. The standard InChI is InChI=1S/C24H21N3O7S/c1-33-22-12-17(4-11-21(22)34-14-16-2-5-18(6-3-16)24(29)30)13-25-26-23(28)15-35-20-9-7-19(8-10-20)27(31)32/h2-13H,14-15H2,1H3,(H,26,28)(H,29,30)/b25-13-. The van der Waals surface area contributed by atoms with E-state index in [1.54, 1.807) is 42.5 Å². The molecule has 0 saturated heterocycles. The van der Waals surface area contributed by atoms with Crippen molar-refractivity contribution in [1.82, 2.24) is 5.43 Å². The Kier molecular flexibility index (Phi) is 8.79. The molecule has 0 aliphatic carbocycles. The highest BCUT2D eigenvalue weighted by atomic mass is 32.2. The number of ether oxygens (including phenoxy) is 2. The van der Waals surface area contributed by atoms with E-state index in [0.717, 1.165) is 10.5 Å². The summed E-state index contributed by atoms with van der Waals surface area (Å²) < 4.78 is 11.1.